The summed E-state index contributed by atoms with van der Waals surface area (Å²) in [6, 6.07) is 7.12. The molecule has 21 heavy (non-hydrogen) atoms. The van der Waals surface area contributed by atoms with Crippen molar-refractivity contribution < 1.29 is 14.3 Å². The third-order valence-electron chi connectivity index (χ3n) is 3.26. The number of hydrogen-bond donors (Lipinski definition) is 3. The van der Waals surface area contributed by atoms with E-state index in [0.29, 0.717) is 12.2 Å². The fourth-order valence-electron chi connectivity index (χ4n) is 2.22. The van der Waals surface area contributed by atoms with E-state index in [2.05, 4.69) is 22.9 Å². The summed E-state index contributed by atoms with van der Waals surface area (Å²) in [5.41, 5.74) is 1.96. The number of thiol groups is 1. The zero-order valence-corrected chi connectivity index (χ0v) is 12.7. The molecule has 1 aromatic carbocycles. The minimum atomic E-state index is -0.693. The van der Waals surface area contributed by atoms with Gasteiger partial charge in [0.2, 0.25) is 5.91 Å². The zero-order chi connectivity index (χ0) is 15.2. The van der Waals surface area contributed by atoms with Crippen LogP contribution < -0.4 is 5.32 Å². The van der Waals surface area contributed by atoms with Gasteiger partial charge in [0.25, 0.3) is 0 Å². The number of nitrogens with one attached hydrogen (secondary N) is 2. The summed E-state index contributed by atoms with van der Waals surface area (Å²) < 4.78 is 4.77. The second kappa shape index (κ2) is 7.17. The molecule has 0 aliphatic carbocycles. The molecule has 6 heteroatoms. The molecule has 1 heterocycles. The van der Waals surface area contributed by atoms with Crippen molar-refractivity contribution in [3.05, 3.63) is 36.0 Å². The van der Waals surface area contributed by atoms with Crippen molar-refractivity contribution in [2.45, 2.75) is 18.9 Å². The average Bonchev–Trinajstić information content (AvgIpc) is 2.89. The van der Waals surface area contributed by atoms with Crippen molar-refractivity contribution in [1.82, 2.24) is 10.3 Å². The molecule has 0 saturated carbocycles. The van der Waals surface area contributed by atoms with Crippen molar-refractivity contribution >= 4 is 35.4 Å². The van der Waals surface area contributed by atoms with Gasteiger partial charge in [-0.2, -0.15) is 12.6 Å². The Bertz CT molecular complexity index is 639. The van der Waals surface area contributed by atoms with Crippen LogP contribution in [0.25, 0.3) is 10.9 Å². The summed E-state index contributed by atoms with van der Waals surface area (Å²) in [5, 5.41) is 3.73. The monoisotopic (exact) mass is 306 g/mol. The number of carbonyl (C=O) groups excluding carboxylic acids is 2. The number of amides is 1. The first-order valence-electron chi connectivity index (χ1n) is 6.68. The lowest BCUT2D eigenvalue weighted by molar-refractivity contribution is -0.145. The first kappa shape index (κ1) is 15.4. The highest BCUT2D eigenvalue weighted by Crippen LogP contribution is 2.19. The molecule has 0 unspecified atom stereocenters. The van der Waals surface area contributed by atoms with Gasteiger partial charge >= 0.3 is 5.97 Å². The van der Waals surface area contributed by atoms with Gasteiger partial charge in [0, 0.05) is 29.9 Å². The summed E-state index contributed by atoms with van der Waals surface area (Å²) in [5.74, 6) is -0.222. The number of hydrogen-bond acceptors (Lipinski definition) is 4. The largest absolute Gasteiger partial charge is 0.467 e. The molecule has 0 saturated heterocycles. The molecular formula is C15H18N2O3S. The lowest BCUT2D eigenvalue weighted by Crippen LogP contribution is -2.43. The quantitative estimate of drug-likeness (QED) is 0.562. The Kier molecular flexibility index (Phi) is 5.27. The maximum absolute atomic E-state index is 11.8. The minimum absolute atomic E-state index is 0.208. The average molecular weight is 306 g/mol. The van der Waals surface area contributed by atoms with Gasteiger partial charge in [-0.25, -0.2) is 4.79 Å². The molecule has 0 aliphatic heterocycles. The number of H-pyrrole nitrogens is 1. The third-order valence-corrected chi connectivity index (χ3v) is 3.48. The van der Waals surface area contributed by atoms with Crippen LogP contribution in [-0.2, 0) is 20.7 Å². The molecule has 2 aromatic rings. The molecule has 1 atom stereocenters. The Morgan fingerprint density at radius 2 is 2.14 bits per heavy atom. The number of carbonyl (C=O) groups is 2. The van der Waals surface area contributed by atoms with E-state index in [1.165, 1.54) is 7.11 Å². The first-order valence-corrected chi connectivity index (χ1v) is 7.32. The summed E-state index contributed by atoms with van der Waals surface area (Å²) >= 11 is 4.01. The van der Waals surface area contributed by atoms with Gasteiger partial charge in [-0.3, -0.25) is 4.79 Å². The normalized spacial score (nSPS) is 12.1. The van der Waals surface area contributed by atoms with Gasteiger partial charge in [-0.1, -0.05) is 18.2 Å². The molecule has 1 amide bonds. The van der Waals surface area contributed by atoms with Crippen LogP contribution in [-0.4, -0.2) is 35.8 Å². The number of esters is 1. The lowest BCUT2D eigenvalue weighted by Gasteiger charge is -2.16. The number of aromatic amines is 1. The SMILES string of the molecule is COC(=O)[C@@H](Cc1c[nH]c2ccccc12)NC(=O)CCS. The fourth-order valence-corrected chi connectivity index (χ4v) is 2.43. The summed E-state index contributed by atoms with van der Waals surface area (Å²) in [6.07, 6.45) is 2.50. The number of rotatable bonds is 6. The molecule has 0 aliphatic rings. The van der Waals surface area contributed by atoms with Gasteiger partial charge in [0.1, 0.15) is 6.04 Å². The van der Waals surface area contributed by atoms with Gasteiger partial charge < -0.3 is 15.0 Å². The number of fused-ring (bicyclic) bond motifs is 1. The molecule has 1 aromatic heterocycles. The third kappa shape index (κ3) is 3.78. The van der Waals surface area contributed by atoms with Crippen LogP contribution in [0.4, 0.5) is 0 Å². The summed E-state index contributed by atoms with van der Waals surface area (Å²) in [7, 11) is 1.31. The Morgan fingerprint density at radius 1 is 1.38 bits per heavy atom. The molecule has 0 radical (unpaired) electrons. The first-order chi connectivity index (χ1) is 10.2. The van der Waals surface area contributed by atoms with Gasteiger partial charge in [-0.15, -0.1) is 0 Å². The Balaban J connectivity index is 2.18. The van der Waals surface area contributed by atoms with Crippen LogP contribution in [0.5, 0.6) is 0 Å². The highest BCUT2D eigenvalue weighted by atomic mass is 32.1. The zero-order valence-electron chi connectivity index (χ0n) is 11.8. The number of ether oxygens (including phenoxy) is 1. The number of aromatic nitrogens is 1. The number of para-hydroxylation sites is 1. The highest BCUT2D eigenvalue weighted by Gasteiger charge is 2.22. The topological polar surface area (TPSA) is 71.2 Å². The predicted molar refractivity (Wildman–Crippen MR) is 84.4 cm³/mol. The van der Waals surface area contributed by atoms with E-state index in [0.717, 1.165) is 16.5 Å². The Morgan fingerprint density at radius 3 is 2.86 bits per heavy atom. The van der Waals surface area contributed by atoms with E-state index in [4.69, 9.17) is 4.74 Å². The van der Waals surface area contributed by atoms with E-state index in [9.17, 15) is 9.59 Å². The van der Waals surface area contributed by atoms with Crippen molar-refractivity contribution in [3.8, 4) is 0 Å². The van der Waals surface area contributed by atoms with Crippen LogP contribution >= 0.6 is 12.6 Å². The van der Waals surface area contributed by atoms with E-state index in [-0.39, 0.29) is 12.3 Å². The summed E-state index contributed by atoms with van der Waals surface area (Å²) in [6.45, 7) is 0. The standard InChI is InChI=1S/C15H18N2O3S/c1-20-15(19)13(17-14(18)6-7-21)8-10-9-16-12-5-3-2-4-11(10)12/h2-5,9,13,16,21H,6-8H2,1H3,(H,17,18)/t13-/m1/s1. The van der Waals surface area contributed by atoms with Gasteiger partial charge in [0.15, 0.2) is 0 Å². The van der Waals surface area contributed by atoms with E-state index < -0.39 is 12.0 Å². The van der Waals surface area contributed by atoms with Crippen LogP contribution in [0.1, 0.15) is 12.0 Å². The van der Waals surface area contributed by atoms with Gasteiger partial charge in [0.05, 0.1) is 7.11 Å². The van der Waals surface area contributed by atoms with E-state index in [1.54, 1.807) is 0 Å². The maximum Gasteiger partial charge on any atom is 0.328 e. The lowest BCUT2D eigenvalue weighted by atomic mass is 10.0. The molecule has 2 rings (SSSR count). The second-order valence-electron chi connectivity index (χ2n) is 4.68. The molecule has 0 bridgehead atoms. The Hall–Kier alpha value is -1.95. The van der Waals surface area contributed by atoms with Gasteiger partial charge in [-0.05, 0) is 17.4 Å². The maximum atomic E-state index is 11.8. The van der Waals surface area contributed by atoms with Crippen LogP contribution in [0, 0.1) is 0 Å². The van der Waals surface area contributed by atoms with E-state index >= 15 is 0 Å². The van der Waals surface area contributed by atoms with Crippen molar-refractivity contribution in [2.75, 3.05) is 12.9 Å². The molecular weight excluding hydrogens is 288 g/mol. The predicted octanol–water partition coefficient (Wildman–Crippen LogP) is 1.69. The number of methoxy groups -OCH3 is 1. The van der Waals surface area contributed by atoms with Crippen LogP contribution in [0.15, 0.2) is 30.5 Å². The molecule has 0 spiro atoms. The molecule has 2 N–H and O–H groups in total. The number of benzene rings is 1. The highest BCUT2D eigenvalue weighted by molar-refractivity contribution is 7.80. The second-order valence-corrected chi connectivity index (χ2v) is 5.13. The van der Waals surface area contributed by atoms with Crippen molar-refractivity contribution in [3.63, 3.8) is 0 Å². The molecule has 5 nitrogen and oxygen atoms in total. The molecule has 112 valence electrons. The fraction of sp³-hybridized carbons (Fsp3) is 0.333. The Labute approximate surface area is 128 Å². The van der Waals surface area contributed by atoms with Crippen molar-refractivity contribution in [2.24, 2.45) is 0 Å². The molecule has 0 fully saturated rings. The minimum Gasteiger partial charge on any atom is -0.467 e. The van der Waals surface area contributed by atoms with E-state index in [1.807, 2.05) is 30.5 Å². The summed E-state index contributed by atoms with van der Waals surface area (Å²) in [4.78, 5) is 26.7. The van der Waals surface area contributed by atoms with Crippen molar-refractivity contribution in [1.29, 1.82) is 0 Å². The van der Waals surface area contributed by atoms with Crippen LogP contribution in [0.3, 0.4) is 0 Å². The van der Waals surface area contributed by atoms with Crippen LogP contribution in [0.2, 0.25) is 0 Å². The smallest absolute Gasteiger partial charge is 0.328 e.